The van der Waals surface area contributed by atoms with Crippen LogP contribution in [-0.4, -0.2) is 62.6 Å². The summed E-state index contributed by atoms with van der Waals surface area (Å²) < 4.78 is 8.17. The second-order valence-electron chi connectivity index (χ2n) is 13.1. The molecular formula is C38H44N6O5. The highest BCUT2D eigenvalue weighted by molar-refractivity contribution is 6.06. The van der Waals surface area contributed by atoms with E-state index in [2.05, 4.69) is 11.9 Å². The molecule has 2 fully saturated rings. The van der Waals surface area contributed by atoms with E-state index in [1.165, 1.54) is 30.7 Å². The molecule has 0 bridgehead atoms. The minimum Gasteiger partial charge on any atom is -0.490 e. The number of aromatic carboxylic acids is 1. The van der Waals surface area contributed by atoms with E-state index in [0.29, 0.717) is 28.6 Å². The fraction of sp³-hybridized carbons (Fsp3) is 0.368. The lowest BCUT2D eigenvalue weighted by Crippen LogP contribution is -2.39. The number of aryl methyl sites for hydroxylation is 1. The Bertz CT molecular complexity index is 1820. The number of rotatable bonds is 11. The van der Waals surface area contributed by atoms with E-state index >= 15 is 0 Å². The van der Waals surface area contributed by atoms with Gasteiger partial charge in [0.05, 0.1) is 29.0 Å². The van der Waals surface area contributed by atoms with Gasteiger partial charge in [-0.2, -0.15) is 0 Å². The SMILES string of the molecule is C=C(N)N1CCC(Oc2ccc(N(Cc3nc4cc(C)ccc4n3CC(=O)NC3CCCCC3)C(=O)c3ccc(C(=O)O)cc3)cc2)CC1. The Balaban J connectivity index is 1.29. The highest BCUT2D eigenvalue weighted by Crippen LogP contribution is 2.28. The lowest BCUT2D eigenvalue weighted by atomic mass is 9.95. The number of aromatic nitrogens is 2. The molecule has 1 aliphatic heterocycles. The molecular weight excluding hydrogens is 620 g/mol. The van der Waals surface area contributed by atoms with Crippen LogP contribution in [-0.2, 0) is 17.9 Å². The third-order valence-corrected chi connectivity index (χ3v) is 9.48. The number of carboxylic acid groups (broad SMARTS) is 1. The number of carbonyl (C=O) groups is 3. The molecule has 49 heavy (non-hydrogen) atoms. The van der Waals surface area contributed by atoms with Crippen LogP contribution < -0.4 is 20.7 Å². The van der Waals surface area contributed by atoms with Crippen molar-refractivity contribution in [2.75, 3.05) is 18.0 Å². The molecule has 3 aromatic carbocycles. The van der Waals surface area contributed by atoms with E-state index in [9.17, 15) is 19.5 Å². The smallest absolute Gasteiger partial charge is 0.335 e. The standard InChI is InChI=1S/C38H44N6O5/c1-25-8-17-34-33(22-25)41-35(44(34)24-36(45)40-29-6-4-3-5-7-29)23-43(37(46)27-9-11-28(12-10-27)38(47)48)30-13-15-31(16-14-30)49-32-18-20-42(21-19-32)26(2)39/h8-17,22,29,32H,2-7,18-21,23-24,39H2,1H3,(H,40,45)(H,47,48). The summed E-state index contributed by atoms with van der Waals surface area (Å²) in [4.78, 5) is 47.7. The first-order chi connectivity index (χ1) is 23.6. The zero-order valence-electron chi connectivity index (χ0n) is 27.9. The van der Waals surface area contributed by atoms with Gasteiger partial charge < -0.3 is 35.3 Å². The maximum Gasteiger partial charge on any atom is 0.335 e. The molecule has 2 aliphatic rings. The van der Waals surface area contributed by atoms with E-state index in [1.54, 1.807) is 4.90 Å². The van der Waals surface area contributed by atoms with Gasteiger partial charge in [-0.05, 0) is 86.0 Å². The molecule has 11 heteroatoms. The van der Waals surface area contributed by atoms with Crippen molar-refractivity contribution in [3.63, 3.8) is 0 Å². The minimum atomic E-state index is -1.07. The second-order valence-corrected chi connectivity index (χ2v) is 13.1. The van der Waals surface area contributed by atoms with Crippen LogP contribution >= 0.6 is 0 Å². The number of imidazole rings is 1. The van der Waals surface area contributed by atoms with Crippen molar-refractivity contribution in [2.24, 2.45) is 5.73 Å². The molecule has 6 rings (SSSR count). The number of hydrogen-bond donors (Lipinski definition) is 3. The molecule has 2 amide bonds. The van der Waals surface area contributed by atoms with Crippen molar-refractivity contribution in [1.29, 1.82) is 0 Å². The summed E-state index contributed by atoms with van der Waals surface area (Å²) in [5.41, 5.74) is 9.47. The van der Waals surface area contributed by atoms with E-state index in [-0.39, 0.29) is 42.6 Å². The van der Waals surface area contributed by atoms with Crippen molar-refractivity contribution < 1.29 is 24.2 Å². The van der Waals surface area contributed by atoms with Crippen LogP contribution in [0.1, 0.15) is 77.0 Å². The molecule has 0 spiro atoms. The Hall–Kier alpha value is -5.32. The number of nitrogens with zero attached hydrogens (tertiary/aromatic N) is 4. The van der Waals surface area contributed by atoms with Gasteiger partial charge in [0.1, 0.15) is 24.2 Å². The first kappa shape index (κ1) is 33.6. The number of benzene rings is 3. The third kappa shape index (κ3) is 8.05. The number of anilines is 1. The van der Waals surface area contributed by atoms with Crippen LogP contribution in [0.5, 0.6) is 5.75 Å². The van der Waals surface area contributed by atoms with E-state index in [4.69, 9.17) is 15.5 Å². The maximum absolute atomic E-state index is 14.2. The van der Waals surface area contributed by atoms with Gasteiger partial charge in [0.2, 0.25) is 5.91 Å². The Morgan fingerprint density at radius 2 is 1.63 bits per heavy atom. The summed E-state index contributed by atoms with van der Waals surface area (Å²) in [6.45, 7) is 7.53. The number of amides is 2. The highest BCUT2D eigenvalue weighted by atomic mass is 16.5. The predicted molar refractivity (Wildman–Crippen MR) is 188 cm³/mol. The van der Waals surface area contributed by atoms with Crippen LogP contribution in [0.2, 0.25) is 0 Å². The Morgan fingerprint density at radius 1 is 0.959 bits per heavy atom. The molecule has 11 nitrogen and oxygen atoms in total. The largest absolute Gasteiger partial charge is 0.490 e. The van der Waals surface area contributed by atoms with Crippen LogP contribution in [0.25, 0.3) is 11.0 Å². The Morgan fingerprint density at radius 3 is 2.29 bits per heavy atom. The number of likely N-dealkylation sites (tertiary alicyclic amines) is 1. The summed E-state index contributed by atoms with van der Waals surface area (Å²) in [7, 11) is 0. The molecule has 0 unspecified atom stereocenters. The maximum atomic E-state index is 14.2. The van der Waals surface area contributed by atoms with Crippen molar-refractivity contribution >= 4 is 34.5 Å². The van der Waals surface area contributed by atoms with Crippen LogP contribution in [0, 0.1) is 6.92 Å². The van der Waals surface area contributed by atoms with Gasteiger partial charge in [0.15, 0.2) is 0 Å². The number of nitrogens with two attached hydrogens (primary N) is 1. The molecule has 1 aromatic heterocycles. The van der Waals surface area contributed by atoms with Gasteiger partial charge in [0, 0.05) is 43.2 Å². The first-order valence-corrected chi connectivity index (χ1v) is 17.0. The topological polar surface area (TPSA) is 143 Å². The average molecular weight is 665 g/mol. The molecule has 1 saturated carbocycles. The molecule has 256 valence electrons. The van der Waals surface area contributed by atoms with Crippen molar-refractivity contribution in [1.82, 2.24) is 19.8 Å². The van der Waals surface area contributed by atoms with E-state index < -0.39 is 5.97 Å². The minimum absolute atomic E-state index is 0.0371. The number of hydrogen-bond acceptors (Lipinski definition) is 7. The fourth-order valence-corrected chi connectivity index (χ4v) is 6.74. The van der Waals surface area contributed by atoms with Crippen LogP contribution in [0.3, 0.4) is 0 Å². The second kappa shape index (κ2) is 14.8. The van der Waals surface area contributed by atoms with Crippen molar-refractivity contribution in [3.05, 3.63) is 102 Å². The quantitative estimate of drug-likeness (QED) is 0.188. The van der Waals surface area contributed by atoms with Crippen molar-refractivity contribution in [3.8, 4) is 5.75 Å². The number of carbonyl (C=O) groups excluding carboxylic acids is 2. The normalized spacial score (nSPS) is 15.6. The first-order valence-electron chi connectivity index (χ1n) is 17.0. The molecule has 1 aliphatic carbocycles. The Kier molecular flexibility index (Phi) is 10.2. The highest BCUT2D eigenvalue weighted by Gasteiger charge is 2.25. The lowest BCUT2D eigenvalue weighted by molar-refractivity contribution is -0.122. The van der Waals surface area contributed by atoms with Gasteiger partial charge in [-0.3, -0.25) is 9.59 Å². The van der Waals surface area contributed by atoms with Gasteiger partial charge in [0.25, 0.3) is 5.91 Å². The number of nitrogens with one attached hydrogen (secondary N) is 1. The average Bonchev–Trinajstić information content (AvgIpc) is 3.43. The summed E-state index contributed by atoms with van der Waals surface area (Å²) in [5, 5.41) is 12.6. The van der Waals surface area contributed by atoms with E-state index in [1.807, 2.05) is 58.9 Å². The lowest BCUT2D eigenvalue weighted by Gasteiger charge is -2.33. The van der Waals surface area contributed by atoms with Gasteiger partial charge in [-0.1, -0.05) is 31.9 Å². The predicted octanol–water partition coefficient (Wildman–Crippen LogP) is 5.61. The fourth-order valence-electron chi connectivity index (χ4n) is 6.74. The summed E-state index contributed by atoms with van der Waals surface area (Å²) in [6, 6.07) is 19.3. The zero-order valence-corrected chi connectivity index (χ0v) is 27.9. The molecule has 0 radical (unpaired) electrons. The van der Waals surface area contributed by atoms with Gasteiger partial charge in [-0.25, -0.2) is 9.78 Å². The Labute approximate surface area is 286 Å². The van der Waals surface area contributed by atoms with E-state index in [0.717, 1.165) is 68.2 Å². The van der Waals surface area contributed by atoms with Crippen LogP contribution in [0.4, 0.5) is 5.69 Å². The van der Waals surface area contributed by atoms with Crippen LogP contribution in [0.15, 0.2) is 79.1 Å². The molecule has 1 saturated heterocycles. The molecule has 4 aromatic rings. The van der Waals surface area contributed by atoms with Gasteiger partial charge in [-0.15, -0.1) is 0 Å². The summed E-state index contributed by atoms with van der Waals surface area (Å²) in [5.74, 6) is 0.330. The third-order valence-electron chi connectivity index (χ3n) is 9.48. The molecule has 4 N–H and O–H groups in total. The monoisotopic (exact) mass is 664 g/mol. The number of fused-ring (bicyclic) bond motifs is 1. The van der Waals surface area contributed by atoms with Crippen molar-refractivity contribution in [2.45, 2.75) is 77.1 Å². The number of ether oxygens (including phenoxy) is 1. The number of piperidine rings is 1. The zero-order chi connectivity index (χ0) is 34.5. The van der Waals surface area contributed by atoms with Gasteiger partial charge >= 0.3 is 5.97 Å². The summed E-state index contributed by atoms with van der Waals surface area (Å²) in [6.07, 6.45) is 7.06. The molecule has 0 atom stereocenters. The summed E-state index contributed by atoms with van der Waals surface area (Å²) >= 11 is 0. The number of carboxylic acids is 1. The molecule has 2 heterocycles.